The molecule has 10 heteroatoms. The fourth-order valence-corrected chi connectivity index (χ4v) is 3.43. The monoisotopic (exact) mass is 465 g/mol. The SMILES string of the molecule is CNC(OC(=N)c1cccc(NOC)c1)C1=C(N)N(C)CC(c2ccc(C(=O)N(C)C)cc2)=N1. The molecule has 1 atom stereocenters. The van der Waals surface area contributed by atoms with Crippen molar-refractivity contribution in [3.05, 3.63) is 76.7 Å². The molecule has 2 aromatic rings. The fourth-order valence-electron chi connectivity index (χ4n) is 3.43. The molecule has 1 heterocycles. The maximum atomic E-state index is 12.2. The number of hydrogen-bond acceptors (Lipinski definition) is 9. The van der Waals surface area contributed by atoms with Crippen molar-refractivity contribution in [1.29, 1.82) is 5.41 Å². The predicted octanol–water partition coefficient (Wildman–Crippen LogP) is 1.81. The highest BCUT2D eigenvalue weighted by molar-refractivity contribution is 6.04. The number of nitrogens with zero attached hydrogens (tertiary/aromatic N) is 3. The van der Waals surface area contributed by atoms with Gasteiger partial charge in [0, 0.05) is 32.3 Å². The van der Waals surface area contributed by atoms with Crippen molar-refractivity contribution in [3.63, 3.8) is 0 Å². The number of anilines is 1. The van der Waals surface area contributed by atoms with Crippen LogP contribution in [-0.2, 0) is 9.57 Å². The Morgan fingerprint density at radius 1 is 1.21 bits per heavy atom. The maximum absolute atomic E-state index is 12.2. The summed E-state index contributed by atoms with van der Waals surface area (Å²) in [4.78, 5) is 25.3. The summed E-state index contributed by atoms with van der Waals surface area (Å²) in [6, 6.07) is 14.4. The standard InChI is InChI=1S/C24H31N7O3/c1-27-23(34-22(26)17-7-6-8-18(13-17)29-33-5)20-21(25)31(4)14-19(28-20)15-9-11-16(12-10-15)24(32)30(2)3/h6-13,23,26-27,29H,14,25H2,1-5H3. The molecule has 0 aromatic heterocycles. The Bertz CT molecular complexity index is 1110. The number of rotatable bonds is 8. The van der Waals surface area contributed by atoms with Crippen LogP contribution in [0.5, 0.6) is 0 Å². The van der Waals surface area contributed by atoms with Gasteiger partial charge in [0.15, 0.2) is 6.23 Å². The highest BCUT2D eigenvalue weighted by atomic mass is 16.6. The zero-order chi connectivity index (χ0) is 24.8. The van der Waals surface area contributed by atoms with Crippen molar-refractivity contribution in [2.75, 3.05) is 47.3 Å². The molecule has 0 spiro atoms. The second-order valence-corrected chi connectivity index (χ2v) is 7.96. The molecular formula is C24H31N7O3. The van der Waals surface area contributed by atoms with Gasteiger partial charge in [-0.2, -0.15) is 0 Å². The van der Waals surface area contributed by atoms with Gasteiger partial charge in [-0.1, -0.05) is 18.2 Å². The van der Waals surface area contributed by atoms with E-state index in [-0.39, 0.29) is 11.8 Å². The second-order valence-electron chi connectivity index (χ2n) is 7.96. The topological polar surface area (TPSA) is 128 Å². The van der Waals surface area contributed by atoms with E-state index in [9.17, 15) is 4.79 Å². The molecule has 1 aliphatic heterocycles. The number of hydrogen-bond donors (Lipinski definition) is 4. The molecule has 5 N–H and O–H groups in total. The minimum absolute atomic E-state index is 0.0454. The van der Waals surface area contributed by atoms with Crippen LogP contribution in [0.15, 0.2) is 65.0 Å². The summed E-state index contributed by atoms with van der Waals surface area (Å²) in [5.41, 5.74) is 13.1. The molecule has 3 rings (SSSR count). The Morgan fingerprint density at radius 3 is 2.53 bits per heavy atom. The van der Waals surface area contributed by atoms with Crippen LogP contribution in [0.25, 0.3) is 0 Å². The van der Waals surface area contributed by atoms with E-state index in [2.05, 4.69) is 10.8 Å². The minimum Gasteiger partial charge on any atom is -0.452 e. The first-order valence-corrected chi connectivity index (χ1v) is 10.7. The van der Waals surface area contributed by atoms with E-state index in [1.807, 2.05) is 30.1 Å². The average molecular weight is 466 g/mol. The van der Waals surface area contributed by atoms with E-state index >= 15 is 0 Å². The third kappa shape index (κ3) is 5.53. The number of aliphatic imine (C=N–C) groups is 1. The molecular weight excluding hydrogens is 434 g/mol. The smallest absolute Gasteiger partial charge is 0.253 e. The maximum Gasteiger partial charge on any atom is 0.253 e. The lowest BCUT2D eigenvalue weighted by Crippen LogP contribution is -2.41. The van der Waals surface area contributed by atoms with Crippen LogP contribution < -0.4 is 16.5 Å². The van der Waals surface area contributed by atoms with E-state index < -0.39 is 6.23 Å². The molecule has 1 amide bonds. The number of ether oxygens (including phenoxy) is 1. The number of nitrogens with one attached hydrogen (secondary N) is 3. The van der Waals surface area contributed by atoms with Gasteiger partial charge in [-0.05, 0) is 42.9 Å². The Labute approximate surface area is 199 Å². The molecule has 0 saturated carbocycles. The van der Waals surface area contributed by atoms with Gasteiger partial charge in [0.05, 0.1) is 25.1 Å². The molecule has 0 saturated heterocycles. The van der Waals surface area contributed by atoms with Gasteiger partial charge in [-0.25, -0.2) is 4.99 Å². The number of benzene rings is 2. The Hall–Kier alpha value is -3.89. The first-order valence-electron chi connectivity index (χ1n) is 10.7. The van der Waals surface area contributed by atoms with E-state index in [1.165, 1.54) is 12.0 Å². The Kier molecular flexibility index (Phi) is 7.87. The summed E-state index contributed by atoms with van der Waals surface area (Å²) in [7, 11) is 8.54. The number of nitrogens with two attached hydrogens (primary N) is 1. The molecule has 0 radical (unpaired) electrons. The van der Waals surface area contributed by atoms with E-state index in [4.69, 9.17) is 25.7 Å². The number of likely N-dealkylation sites (N-methyl/N-ethyl adjacent to an activating group) is 2. The van der Waals surface area contributed by atoms with Gasteiger partial charge >= 0.3 is 0 Å². The first kappa shape index (κ1) is 24.7. The van der Waals surface area contributed by atoms with Crippen LogP contribution in [0, 0.1) is 5.41 Å². The lowest BCUT2D eigenvalue weighted by molar-refractivity contribution is 0.0827. The molecule has 0 fully saturated rings. The van der Waals surface area contributed by atoms with E-state index in [0.717, 1.165) is 11.3 Å². The Morgan fingerprint density at radius 2 is 1.91 bits per heavy atom. The summed E-state index contributed by atoms with van der Waals surface area (Å²) < 4.78 is 5.92. The van der Waals surface area contributed by atoms with Crippen LogP contribution >= 0.6 is 0 Å². The lowest BCUT2D eigenvalue weighted by Gasteiger charge is -2.30. The predicted molar refractivity (Wildman–Crippen MR) is 133 cm³/mol. The van der Waals surface area contributed by atoms with E-state index in [1.54, 1.807) is 51.5 Å². The summed E-state index contributed by atoms with van der Waals surface area (Å²) in [6.07, 6.45) is -0.751. The molecule has 2 aromatic carbocycles. The summed E-state index contributed by atoms with van der Waals surface area (Å²) in [6.45, 7) is 0.495. The zero-order valence-corrected chi connectivity index (χ0v) is 20.0. The highest BCUT2D eigenvalue weighted by Gasteiger charge is 2.26. The van der Waals surface area contributed by atoms with Gasteiger partial charge in [0.25, 0.3) is 5.91 Å². The second kappa shape index (κ2) is 10.8. The summed E-state index contributed by atoms with van der Waals surface area (Å²) in [5.74, 6) is 0.340. The van der Waals surface area contributed by atoms with Crippen molar-refractivity contribution in [2.24, 2.45) is 10.7 Å². The summed E-state index contributed by atoms with van der Waals surface area (Å²) >= 11 is 0. The normalized spacial score (nSPS) is 14.4. The number of amides is 1. The third-order valence-electron chi connectivity index (χ3n) is 5.28. The van der Waals surface area contributed by atoms with Crippen molar-refractivity contribution >= 4 is 23.2 Å². The lowest BCUT2D eigenvalue weighted by atomic mass is 10.0. The molecule has 34 heavy (non-hydrogen) atoms. The fraction of sp³-hybridized carbons (Fsp3) is 0.292. The molecule has 10 nitrogen and oxygen atoms in total. The number of carbonyl (C=O) groups is 1. The van der Waals surface area contributed by atoms with Gasteiger partial charge in [0.1, 0.15) is 11.5 Å². The van der Waals surface area contributed by atoms with Crippen LogP contribution in [0.3, 0.4) is 0 Å². The van der Waals surface area contributed by atoms with Gasteiger partial charge in [-0.3, -0.25) is 25.8 Å². The average Bonchev–Trinajstić information content (AvgIpc) is 2.84. The third-order valence-corrected chi connectivity index (χ3v) is 5.28. The van der Waals surface area contributed by atoms with Crippen LogP contribution in [0.1, 0.15) is 21.5 Å². The Balaban J connectivity index is 1.85. The zero-order valence-electron chi connectivity index (χ0n) is 20.0. The van der Waals surface area contributed by atoms with Gasteiger partial charge in [0.2, 0.25) is 5.90 Å². The molecule has 180 valence electrons. The summed E-state index contributed by atoms with van der Waals surface area (Å²) in [5, 5.41) is 11.5. The van der Waals surface area contributed by atoms with E-state index in [0.29, 0.717) is 34.9 Å². The van der Waals surface area contributed by atoms with Gasteiger partial charge < -0.3 is 20.3 Å². The van der Waals surface area contributed by atoms with Gasteiger partial charge in [-0.15, -0.1) is 0 Å². The first-order chi connectivity index (χ1) is 16.2. The van der Waals surface area contributed by atoms with Crippen molar-refractivity contribution in [2.45, 2.75) is 6.23 Å². The molecule has 0 bridgehead atoms. The van der Waals surface area contributed by atoms with Crippen molar-refractivity contribution in [1.82, 2.24) is 15.1 Å². The molecule has 1 aliphatic rings. The van der Waals surface area contributed by atoms with Crippen LogP contribution in [0.2, 0.25) is 0 Å². The quantitative estimate of drug-likeness (QED) is 0.203. The van der Waals surface area contributed by atoms with Crippen molar-refractivity contribution in [3.8, 4) is 0 Å². The minimum atomic E-state index is -0.751. The highest BCUT2D eigenvalue weighted by Crippen LogP contribution is 2.21. The molecule has 1 unspecified atom stereocenters. The number of carbonyl (C=O) groups excluding carboxylic acids is 1. The largest absolute Gasteiger partial charge is 0.452 e. The molecule has 0 aliphatic carbocycles. The van der Waals surface area contributed by atoms with Crippen molar-refractivity contribution < 1.29 is 14.4 Å². The van der Waals surface area contributed by atoms with Crippen LogP contribution in [0.4, 0.5) is 5.69 Å². The van der Waals surface area contributed by atoms with Crippen LogP contribution in [-0.4, -0.2) is 75.4 Å².